The van der Waals surface area contributed by atoms with E-state index in [4.69, 9.17) is 0 Å². The molecule has 28 heavy (non-hydrogen) atoms. The van der Waals surface area contributed by atoms with Gasteiger partial charge in [0.2, 0.25) is 5.91 Å². The van der Waals surface area contributed by atoms with Gasteiger partial charge in [-0.15, -0.1) is 5.10 Å². The van der Waals surface area contributed by atoms with Crippen LogP contribution >= 0.6 is 0 Å². The number of nitrogens with one attached hydrogen (secondary N) is 1. The summed E-state index contributed by atoms with van der Waals surface area (Å²) in [6.45, 7) is 8.24. The second kappa shape index (κ2) is 7.89. The van der Waals surface area contributed by atoms with Gasteiger partial charge in [-0.25, -0.2) is 14.6 Å². The van der Waals surface area contributed by atoms with Crippen LogP contribution in [0.15, 0.2) is 30.6 Å². The fraction of sp³-hybridized carbons (Fsp3) is 0.421. The quantitative estimate of drug-likeness (QED) is 0.713. The molecule has 2 aromatic heterocycles. The molecule has 1 N–H and O–H groups in total. The maximum Gasteiger partial charge on any atom is 0.238 e. The largest absolute Gasteiger partial charge is 0.352 e. The lowest BCUT2D eigenvalue weighted by Crippen LogP contribution is -2.49. The normalized spacial score (nSPS) is 15.1. The van der Waals surface area contributed by atoms with Gasteiger partial charge in [0.25, 0.3) is 0 Å². The summed E-state index contributed by atoms with van der Waals surface area (Å²) in [5, 5.41) is 11.4. The Labute approximate surface area is 163 Å². The fourth-order valence-corrected chi connectivity index (χ4v) is 3.45. The van der Waals surface area contributed by atoms with Crippen LogP contribution < -0.4 is 10.2 Å². The molecule has 0 spiro atoms. The Morgan fingerprint density at radius 1 is 1.14 bits per heavy atom. The summed E-state index contributed by atoms with van der Waals surface area (Å²) >= 11 is 0. The van der Waals surface area contributed by atoms with Gasteiger partial charge in [0.15, 0.2) is 17.0 Å². The number of hydrogen-bond acceptors (Lipinski definition) is 7. The minimum absolute atomic E-state index is 0.0121. The van der Waals surface area contributed by atoms with E-state index in [1.54, 1.807) is 11.0 Å². The first-order chi connectivity index (χ1) is 13.7. The number of carbonyl (C=O) groups excluding carboxylic acids is 1. The molecule has 1 fully saturated rings. The van der Waals surface area contributed by atoms with Crippen molar-refractivity contribution in [1.29, 1.82) is 0 Å². The third-order valence-corrected chi connectivity index (χ3v) is 5.04. The van der Waals surface area contributed by atoms with Crippen LogP contribution in [-0.4, -0.2) is 68.5 Å². The van der Waals surface area contributed by atoms with Crippen LogP contribution in [0.1, 0.15) is 12.5 Å². The second-order valence-corrected chi connectivity index (χ2v) is 6.90. The van der Waals surface area contributed by atoms with Gasteiger partial charge in [-0.3, -0.25) is 9.69 Å². The van der Waals surface area contributed by atoms with Crippen LogP contribution in [0.2, 0.25) is 0 Å². The molecule has 0 unspecified atom stereocenters. The maximum absolute atomic E-state index is 12.4. The number of anilines is 2. The van der Waals surface area contributed by atoms with E-state index in [2.05, 4.69) is 35.4 Å². The van der Waals surface area contributed by atoms with Crippen molar-refractivity contribution in [3.8, 4) is 0 Å². The predicted molar refractivity (Wildman–Crippen MR) is 107 cm³/mol. The van der Waals surface area contributed by atoms with Gasteiger partial charge in [0, 0.05) is 38.4 Å². The molecule has 1 aromatic carbocycles. The number of rotatable bonds is 5. The van der Waals surface area contributed by atoms with E-state index in [1.165, 1.54) is 0 Å². The molecule has 9 nitrogen and oxygen atoms in total. The molecule has 1 saturated heterocycles. The van der Waals surface area contributed by atoms with Crippen LogP contribution in [0.3, 0.4) is 0 Å². The van der Waals surface area contributed by atoms with Crippen molar-refractivity contribution in [2.45, 2.75) is 20.4 Å². The Bertz CT molecular complexity index is 977. The Balaban J connectivity index is 1.37. The van der Waals surface area contributed by atoms with E-state index >= 15 is 0 Å². The molecule has 1 aliphatic rings. The molecular weight excluding hydrogens is 356 g/mol. The Kier molecular flexibility index (Phi) is 5.16. The zero-order valence-electron chi connectivity index (χ0n) is 16.2. The van der Waals surface area contributed by atoms with Crippen molar-refractivity contribution in [2.75, 3.05) is 42.9 Å². The van der Waals surface area contributed by atoms with Gasteiger partial charge >= 0.3 is 0 Å². The van der Waals surface area contributed by atoms with Gasteiger partial charge in [-0.2, -0.15) is 0 Å². The van der Waals surface area contributed by atoms with Gasteiger partial charge < -0.3 is 10.2 Å². The lowest BCUT2D eigenvalue weighted by atomic mass is 10.2. The first-order valence-corrected chi connectivity index (χ1v) is 9.52. The summed E-state index contributed by atoms with van der Waals surface area (Å²) in [5.41, 5.74) is 3.42. The van der Waals surface area contributed by atoms with Crippen LogP contribution in [-0.2, 0) is 11.3 Å². The molecule has 0 radical (unpaired) electrons. The molecule has 0 aliphatic carbocycles. The van der Waals surface area contributed by atoms with Crippen molar-refractivity contribution in [2.24, 2.45) is 0 Å². The highest BCUT2D eigenvalue weighted by atomic mass is 16.2. The molecule has 9 heteroatoms. The predicted octanol–water partition coefficient (Wildman–Crippen LogP) is 1.31. The fourth-order valence-electron chi connectivity index (χ4n) is 3.45. The number of piperazine rings is 1. The van der Waals surface area contributed by atoms with Crippen LogP contribution in [0.25, 0.3) is 11.2 Å². The molecule has 4 rings (SSSR count). The van der Waals surface area contributed by atoms with E-state index < -0.39 is 0 Å². The molecule has 3 aromatic rings. The molecule has 0 atom stereocenters. The highest BCUT2D eigenvalue weighted by molar-refractivity contribution is 5.93. The molecule has 3 heterocycles. The van der Waals surface area contributed by atoms with Gasteiger partial charge in [0.05, 0.1) is 6.54 Å². The summed E-state index contributed by atoms with van der Waals surface area (Å²) in [4.78, 5) is 25.5. The molecule has 1 amide bonds. The van der Waals surface area contributed by atoms with E-state index in [0.717, 1.165) is 61.0 Å². The number of fused-ring (bicyclic) bond motifs is 1. The van der Waals surface area contributed by atoms with Crippen molar-refractivity contribution < 1.29 is 4.79 Å². The van der Waals surface area contributed by atoms with Crippen molar-refractivity contribution >= 4 is 28.6 Å². The summed E-state index contributed by atoms with van der Waals surface area (Å²) < 4.78 is 1.77. The maximum atomic E-state index is 12.4. The smallest absolute Gasteiger partial charge is 0.238 e. The highest BCUT2D eigenvalue weighted by Gasteiger charge is 2.23. The van der Waals surface area contributed by atoms with Crippen molar-refractivity contribution in [3.63, 3.8) is 0 Å². The topological polar surface area (TPSA) is 92.1 Å². The van der Waals surface area contributed by atoms with Crippen LogP contribution in [0.5, 0.6) is 0 Å². The standard InChI is InChI=1S/C19H24N8O/c1-3-27-19-17(23-24-27)18(20-13-21-19)26-10-8-25(9-11-26)12-16(28)22-15-7-5-4-6-14(15)2/h4-7,13H,3,8-12H2,1-2H3,(H,22,28). The van der Waals surface area contributed by atoms with Gasteiger partial charge in [0.1, 0.15) is 6.33 Å². The van der Waals surface area contributed by atoms with E-state index in [-0.39, 0.29) is 5.91 Å². The summed E-state index contributed by atoms with van der Waals surface area (Å²) in [6, 6.07) is 7.81. The molecule has 146 valence electrons. The molecule has 0 saturated carbocycles. The number of amides is 1. The Hall–Kier alpha value is -3.07. The summed E-state index contributed by atoms with van der Waals surface area (Å²) in [6.07, 6.45) is 1.56. The van der Waals surface area contributed by atoms with E-state index in [9.17, 15) is 4.79 Å². The Morgan fingerprint density at radius 2 is 1.93 bits per heavy atom. The van der Waals surface area contributed by atoms with Gasteiger partial charge in [-0.1, -0.05) is 23.4 Å². The lowest BCUT2D eigenvalue weighted by Gasteiger charge is -2.34. The monoisotopic (exact) mass is 380 g/mol. The molecule has 0 bridgehead atoms. The molecular formula is C19H24N8O. The third-order valence-electron chi connectivity index (χ3n) is 5.04. The highest BCUT2D eigenvalue weighted by Crippen LogP contribution is 2.21. The van der Waals surface area contributed by atoms with Crippen molar-refractivity contribution in [3.05, 3.63) is 36.2 Å². The average Bonchev–Trinajstić information content (AvgIpc) is 3.14. The number of benzene rings is 1. The number of para-hydroxylation sites is 1. The number of aryl methyl sites for hydroxylation is 2. The van der Waals surface area contributed by atoms with Crippen LogP contribution in [0, 0.1) is 6.92 Å². The third kappa shape index (κ3) is 3.65. The zero-order chi connectivity index (χ0) is 19.5. The summed E-state index contributed by atoms with van der Waals surface area (Å²) in [5.74, 6) is 0.826. The number of nitrogens with zero attached hydrogens (tertiary/aromatic N) is 7. The summed E-state index contributed by atoms with van der Waals surface area (Å²) in [7, 11) is 0. The first kappa shape index (κ1) is 18.3. The number of aromatic nitrogens is 5. The first-order valence-electron chi connectivity index (χ1n) is 9.52. The van der Waals surface area contributed by atoms with Crippen molar-refractivity contribution in [1.82, 2.24) is 29.9 Å². The molecule has 1 aliphatic heterocycles. The second-order valence-electron chi connectivity index (χ2n) is 6.90. The van der Waals surface area contributed by atoms with E-state index in [1.807, 2.05) is 38.1 Å². The number of hydrogen-bond donors (Lipinski definition) is 1. The Morgan fingerprint density at radius 3 is 2.68 bits per heavy atom. The van der Waals surface area contributed by atoms with Crippen LogP contribution in [0.4, 0.5) is 11.5 Å². The minimum Gasteiger partial charge on any atom is -0.352 e. The minimum atomic E-state index is 0.0121. The van der Waals surface area contributed by atoms with E-state index in [0.29, 0.717) is 6.54 Å². The zero-order valence-corrected chi connectivity index (χ0v) is 16.2. The SMILES string of the molecule is CCn1nnc2c(N3CCN(CC(=O)Nc4ccccc4C)CC3)ncnc21. The lowest BCUT2D eigenvalue weighted by molar-refractivity contribution is -0.117. The average molecular weight is 380 g/mol. The number of carbonyl (C=O) groups is 1. The van der Waals surface area contributed by atoms with Gasteiger partial charge in [-0.05, 0) is 25.5 Å².